The molecule has 1 aliphatic rings. The summed E-state index contributed by atoms with van der Waals surface area (Å²) in [5, 5.41) is 10.5. The first-order valence-electron chi connectivity index (χ1n) is 8.86. The maximum atomic E-state index is 10.5. The zero-order valence-electron chi connectivity index (χ0n) is 14.7. The maximum Gasteiger partial charge on any atom is 0.122 e. The van der Waals surface area contributed by atoms with Crippen molar-refractivity contribution >= 4 is 0 Å². The van der Waals surface area contributed by atoms with Crippen LogP contribution in [0.1, 0.15) is 31.3 Å². The summed E-state index contributed by atoms with van der Waals surface area (Å²) in [5.74, 6) is 1.14. The van der Waals surface area contributed by atoms with E-state index in [4.69, 9.17) is 0 Å². The van der Waals surface area contributed by atoms with Gasteiger partial charge in [-0.05, 0) is 19.4 Å². The van der Waals surface area contributed by atoms with E-state index in [1.54, 1.807) is 0 Å². The molecule has 5 nitrogen and oxygen atoms in total. The van der Waals surface area contributed by atoms with Crippen molar-refractivity contribution in [3.05, 3.63) is 54.1 Å². The smallest absolute Gasteiger partial charge is 0.122 e. The van der Waals surface area contributed by atoms with Crippen molar-refractivity contribution in [2.45, 2.75) is 39.1 Å². The summed E-state index contributed by atoms with van der Waals surface area (Å²) in [6, 6.07) is 10.4. The van der Waals surface area contributed by atoms with Gasteiger partial charge in [0.05, 0.1) is 12.6 Å². The van der Waals surface area contributed by atoms with Gasteiger partial charge in [-0.25, -0.2) is 4.98 Å². The van der Waals surface area contributed by atoms with E-state index in [0.717, 1.165) is 44.1 Å². The molecule has 2 atom stereocenters. The number of aliphatic hydroxyl groups excluding tert-OH is 1. The Balaban J connectivity index is 1.53. The molecule has 0 radical (unpaired) electrons. The highest BCUT2D eigenvalue weighted by molar-refractivity contribution is 5.17. The first-order chi connectivity index (χ1) is 11.7. The topological polar surface area (TPSA) is 44.5 Å². The van der Waals surface area contributed by atoms with Crippen LogP contribution in [0.5, 0.6) is 0 Å². The second kappa shape index (κ2) is 7.92. The molecular weight excluding hydrogens is 300 g/mol. The van der Waals surface area contributed by atoms with Crippen molar-refractivity contribution in [3.8, 4) is 0 Å². The highest BCUT2D eigenvalue weighted by atomic mass is 16.3. The van der Waals surface area contributed by atoms with Crippen LogP contribution >= 0.6 is 0 Å². The standard InChI is InChI=1S/C19H28N4O/c1-3-22-10-9-20-19(22)15-21-11-12-23(16(2)13-21)14-18(24)17-7-5-4-6-8-17/h4-10,16,18,24H,3,11-15H2,1-2H3/t16-,18-/m0/s1. The van der Waals surface area contributed by atoms with E-state index in [2.05, 4.69) is 33.2 Å². The summed E-state index contributed by atoms with van der Waals surface area (Å²) in [6.45, 7) is 9.97. The van der Waals surface area contributed by atoms with Crippen molar-refractivity contribution in [1.29, 1.82) is 0 Å². The van der Waals surface area contributed by atoms with Crippen molar-refractivity contribution in [2.24, 2.45) is 0 Å². The van der Waals surface area contributed by atoms with Crippen LogP contribution in [-0.2, 0) is 13.1 Å². The van der Waals surface area contributed by atoms with Crippen molar-refractivity contribution in [2.75, 3.05) is 26.2 Å². The van der Waals surface area contributed by atoms with Gasteiger partial charge in [0.2, 0.25) is 0 Å². The number of piperazine rings is 1. The minimum atomic E-state index is -0.417. The Kier molecular flexibility index (Phi) is 5.66. The van der Waals surface area contributed by atoms with Crippen molar-refractivity contribution in [3.63, 3.8) is 0 Å². The summed E-state index contributed by atoms with van der Waals surface area (Å²) < 4.78 is 2.20. The number of rotatable bonds is 6. The van der Waals surface area contributed by atoms with Crippen LogP contribution in [0.2, 0.25) is 0 Å². The molecule has 2 heterocycles. The van der Waals surface area contributed by atoms with E-state index in [9.17, 15) is 5.11 Å². The van der Waals surface area contributed by atoms with Gasteiger partial charge in [0.15, 0.2) is 0 Å². The van der Waals surface area contributed by atoms with Crippen LogP contribution in [-0.4, -0.2) is 56.7 Å². The van der Waals surface area contributed by atoms with E-state index < -0.39 is 6.10 Å². The number of β-amino-alcohol motifs (C(OH)–C–C–N with tert-alkyl or cyclic N) is 1. The Bertz CT molecular complexity index is 627. The number of benzene rings is 1. The lowest BCUT2D eigenvalue weighted by Gasteiger charge is -2.40. The highest BCUT2D eigenvalue weighted by Gasteiger charge is 2.26. The minimum absolute atomic E-state index is 0.417. The highest BCUT2D eigenvalue weighted by Crippen LogP contribution is 2.18. The first kappa shape index (κ1) is 17.1. The van der Waals surface area contributed by atoms with Gasteiger partial charge in [-0.3, -0.25) is 9.80 Å². The van der Waals surface area contributed by atoms with E-state index in [1.807, 2.05) is 42.7 Å². The van der Waals surface area contributed by atoms with Crippen LogP contribution in [0, 0.1) is 0 Å². The number of aryl methyl sites for hydroxylation is 1. The Morgan fingerprint density at radius 2 is 2.04 bits per heavy atom. The predicted octanol–water partition coefficient (Wildman–Crippen LogP) is 2.14. The molecule has 0 spiro atoms. The molecule has 1 aromatic heterocycles. The molecule has 2 aromatic rings. The van der Waals surface area contributed by atoms with E-state index >= 15 is 0 Å². The van der Waals surface area contributed by atoms with Crippen molar-refractivity contribution < 1.29 is 5.11 Å². The SMILES string of the molecule is CCn1ccnc1CN1CCN(C[C@H](O)c2ccccc2)[C@@H](C)C1. The van der Waals surface area contributed by atoms with Gasteiger partial charge >= 0.3 is 0 Å². The van der Waals surface area contributed by atoms with Crippen LogP contribution in [0.15, 0.2) is 42.7 Å². The fraction of sp³-hybridized carbons (Fsp3) is 0.526. The molecular formula is C19H28N4O. The van der Waals surface area contributed by atoms with Gasteiger partial charge < -0.3 is 9.67 Å². The Labute approximate surface area is 144 Å². The molecule has 0 bridgehead atoms. The number of imidazole rings is 1. The monoisotopic (exact) mass is 328 g/mol. The molecule has 3 rings (SSSR count). The molecule has 0 saturated carbocycles. The molecule has 1 aliphatic heterocycles. The molecule has 24 heavy (non-hydrogen) atoms. The fourth-order valence-corrected chi connectivity index (χ4v) is 3.47. The molecule has 0 amide bonds. The zero-order chi connectivity index (χ0) is 16.9. The molecule has 1 N–H and O–H groups in total. The molecule has 1 fully saturated rings. The van der Waals surface area contributed by atoms with Gasteiger partial charge in [-0.2, -0.15) is 0 Å². The van der Waals surface area contributed by atoms with Crippen LogP contribution in [0.4, 0.5) is 0 Å². The third-order valence-electron chi connectivity index (χ3n) is 4.95. The number of hydrogen-bond acceptors (Lipinski definition) is 4. The molecule has 0 aliphatic carbocycles. The lowest BCUT2D eigenvalue weighted by molar-refractivity contribution is 0.0350. The lowest BCUT2D eigenvalue weighted by atomic mass is 10.1. The largest absolute Gasteiger partial charge is 0.387 e. The summed E-state index contributed by atoms with van der Waals surface area (Å²) in [6.07, 6.45) is 3.51. The maximum absolute atomic E-state index is 10.5. The van der Waals surface area contributed by atoms with E-state index in [0.29, 0.717) is 12.6 Å². The number of nitrogens with zero attached hydrogens (tertiary/aromatic N) is 4. The summed E-state index contributed by atoms with van der Waals surface area (Å²) >= 11 is 0. The average Bonchev–Trinajstić information content (AvgIpc) is 3.05. The van der Waals surface area contributed by atoms with Crippen LogP contribution in [0.3, 0.4) is 0 Å². The van der Waals surface area contributed by atoms with Crippen LogP contribution in [0.25, 0.3) is 0 Å². The van der Waals surface area contributed by atoms with Gasteiger partial charge in [-0.1, -0.05) is 30.3 Å². The normalized spacial score (nSPS) is 21.0. The predicted molar refractivity (Wildman–Crippen MR) is 95.6 cm³/mol. The Morgan fingerprint density at radius 3 is 2.75 bits per heavy atom. The van der Waals surface area contributed by atoms with Gasteiger partial charge in [0, 0.05) is 51.2 Å². The third-order valence-corrected chi connectivity index (χ3v) is 4.95. The molecule has 130 valence electrons. The zero-order valence-corrected chi connectivity index (χ0v) is 14.7. The summed E-state index contributed by atoms with van der Waals surface area (Å²) in [5.41, 5.74) is 0.997. The molecule has 1 aromatic carbocycles. The second-order valence-electron chi connectivity index (χ2n) is 6.64. The fourth-order valence-electron chi connectivity index (χ4n) is 3.47. The van der Waals surface area contributed by atoms with E-state index in [-0.39, 0.29) is 0 Å². The summed E-state index contributed by atoms with van der Waals surface area (Å²) in [4.78, 5) is 9.33. The van der Waals surface area contributed by atoms with Gasteiger partial charge in [0.25, 0.3) is 0 Å². The number of hydrogen-bond donors (Lipinski definition) is 1. The number of aliphatic hydroxyl groups is 1. The summed E-state index contributed by atoms with van der Waals surface area (Å²) in [7, 11) is 0. The average molecular weight is 328 g/mol. The lowest BCUT2D eigenvalue weighted by Crippen LogP contribution is -2.52. The van der Waals surface area contributed by atoms with E-state index in [1.165, 1.54) is 0 Å². The molecule has 0 unspecified atom stereocenters. The van der Waals surface area contributed by atoms with Gasteiger partial charge in [-0.15, -0.1) is 0 Å². The van der Waals surface area contributed by atoms with Gasteiger partial charge in [0.1, 0.15) is 5.82 Å². The van der Waals surface area contributed by atoms with Crippen molar-refractivity contribution in [1.82, 2.24) is 19.4 Å². The number of aromatic nitrogens is 2. The minimum Gasteiger partial charge on any atom is -0.387 e. The molecule has 5 heteroatoms. The first-order valence-corrected chi connectivity index (χ1v) is 8.86. The second-order valence-corrected chi connectivity index (χ2v) is 6.64. The van der Waals surface area contributed by atoms with Crippen LogP contribution < -0.4 is 0 Å². The quantitative estimate of drug-likeness (QED) is 0.882. The Morgan fingerprint density at radius 1 is 1.25 bits per heavy atom. The molecule has 1 saturated heterocycles. The Hall–Kier alpha value is -1.69. The third kappa shape index (κ3) is 4.04.